The zero-order valence-corrected chi connectivity index (χ0v) is 9.31. The van der Waals surface area contributed by atoms with Crippen LogP contribution in [0.15, 0.2) is 40.5 Å². The van der Waals surface area contributed by atoms with Crippen molar-refractivity contribution in [2.45, 2.75) is 12.5 Å². The standard InChI is InChI=1S/C11H17N3O2/c1-3-6-13-10(12)14-8-11(2,15)9-5-4-7-16-9/h3-5,7,15H,1,6,8H2,2H3,(H3,12,13,14). The number of rotatable bonds is 5. The molecule has 16 heavy (non-hydrogen) atoms. The van der Waals surface area contributed by atoms with E-state index in [1.807, 2.05) is 0 Å². The highest BCUT2D eigenvalue weighted by Gasteiger charge is 2.25. The molecule has 1 atom stereocenters. The minimum atomic E-state index is -1.15. The van der Waals surface area contributed by atoms with Crippen molar-refractivity contribution < 1.29 is 9.52 Å². The normalized spacial score (nSPS) is 15.5. The molecule has 0 amide bonds. The molecule has 0 spiro atoms. The molecular formula is C11H17N3O2. The second kappa shape index (κ2) is 5.37. The molecule has 0 aliphatic carbocycles. The first-order valence-corrected chi connectivity index (χ1v) is 4.97. The first kappa shape index (κ1) is 12.3. The summed E-state index contributed by atoms with van der Waals surface area (Å²) in [5.41, 5.74) is 4.42. The van der Waals surface area contributed by atoms with E-state index >= 15 is 0 Å². The minimum absolute atomic E-state index is 0.135. The number of nitrogens with zero attached hydrogens (tertiary/aromatic N) is 1. The fraction of sp³-hybridized carbons (Fsp3) is 0.364. The maximum Gasteiger partial charge on any atom is 0.188 e. The van der Waals surface area contributed by atoms with Crippen LogP contribution in [0.3, 0.4) is 0 Å². The maximum absolute atomic E-state index is 10.0. The number of nitrogens with two attached hydrogens (primary N) is 1. The summed E-state index contributed by atoms with van der Waals surface area (Å²) in [5, 5.41) is 12.9. The maximum atomic E-state index is 10.0. The van der Waals surface area contributed by atoms with Crippen LogP contribution in [0, 0.1) is 0 Å². The van der Waals surface area contributed by atoms with Crippen molar-refractivity contribution in [2.75, 3.05) is 13.1 Å². The molecular weight excluding hydrogens is 206 g/mol. The molecule has 88 valence electrons. The molecule has 5 nitrogen and oxygen atoms in total. The van der Waals surface area contributed by atoms with Gasteiger partial charge in [0.25, 0.3) is 0 Å². The SMILES string of the molecule is C=CCNC(N)=NCC(C)(O)c1ccco1. The van der Waals surface area contributed by atoms with Crippen molar-refractivity contribution in [3.8, 4) is 0 Å². The number of aliphatic hydroxyl groups is 1. The summed E-state index contributed by atoms with van der Waals surface area (Å²) in [4.78, 5) is 4.01. The van der Waals surface area contributed by atoms with Crippen LogP contribution in [0.2, 0.25) is 0 Å². The highest BCUT2D eigenvalue weighted by molar-refractivity contribution is 5.77. The zero-order valence-electron chi connectivity index (χ0n) is 9.31. The Balaban J connectivity index is 2.56. The fourth-order valence-electron chi connectivity index (χ4n) is 1.13. The molecule has 1 heterocycles. The second-order valence-corrected chi connectivity index (χ2v) is 3.62. The Morgan fingerprint density at radius 2 is 2.56 bits per heavy atom. The van der Waals surface area contributed by atoms with Gasteiger partial charge in [-0.1, -0.05) is 6.08 Å². The molecule has 4 N–H and O–H groups in total. The third-order valence-corrected chi connectivity index (χ3v) is 2.04. The lowest BCUT2D eigenvalue weighted by atomic mass is 10.0. The molecule has 0 fully saturated rings. The molecule has 0 aromatic carbocycles. The summed E-state index contributed by atoms with van der Waals surface area (Å²) in [7, 11) is 0. The molecule has 5 heteroatoms. The summed E-state index contributed by atoms with van der Waals surface area (Å²) in [6, 6.07) is 3.41. The van der Waals surface area contributed by atoms with Crippen LogP contribution in [-0.2, 0) is 5.60 Å². The first-order valence-electron chi connectivity index (χ1n) is 4.97. The van der Waals surface area contributed by atoms with E-state index in [0.717, 1.165) is 0 Å². The lowest BCUT2D eigenvalue weighted by molar-refractivity contribution is 0.0437. The molecule has 0 saturated heterocycles. The van der Waals surface area contributed by atoms with Crippen molar-refractivity contribution in [3.05, 3.63) is 36.8 Å². The van der Waals surface area contributed by atoms with E-state index in [2.05, 4.69) is 16.9 Å². The molecule has 0 saturated carbocycles. The Morgan fingerprint density at radius 1 is 1.81 bits per heavy atom. The van der Waals surface area contributed by atoms with Crippen LogP contribution in [0.4, 0.5) is 0 Å². The van der Waals surface area contributed by atoms with Gasteiger partial charge in [0.2, 0.25) is 0 Å². The summed E-state index contributed by atoms with van der Waals surface area (Å²) in [6.07, 6.45) is 3.18. The van der Waals surface area contributed by atoms with Crippen molar-refractivity contribution in [1.82, 2.24) is 5.32 Å². The van der Waals surface area contributed by atoms with Gasteiger partial charge in [-0.2, -0.15) is 0 Å². The molecule has 1 aromatic heterocycles. The van der Waals surface area contributed by atoms with Gasteiger partial charge in [0.15, 0.2) is 5.96 Å². The van der Waals surface area contributed by atoms with E-state index in [1.165, 1.54) is 6.26 Å². The molecule has 1 unspecified atom stereocenters. The van der Waals surface area contributed by atoms with Gasteiger partial charge in [0.1, 0.15) is 11.4 Å². The summed E-state index contributed by atoms with van der Waals surface area (Å²) in [5.74, 6) is 0.736. The van der Waals surface area contributed by atoms with Gasteiger partial charge in [0.05, 0.1) is 12.8 Å². The fourth-order valence-corrected chi connectivity index (χ4v) is 1.13. The van der Waals surface area contributed by atoms with E-state index in [0.29, 0.717) is 12.3 Å². The molecule has 0 aliphatic heterocycles. The third kappa shape index (κ3) is 3.43. The van der Waals surface area contributed by atoms with Crippen LogP contribution in [-0.4, -0.2) is 24.2 Å². The quantitative estimate of drug-likeness (QED) is 0.387. The van der Waals surface area contributed by atoms with E-state index < -0.39 is 5.60 Å². The Morgan fingerprint density at radius 3 is 3.12 bits per heavy atom. The number of aliphatic imine (C=N–C) groups is 1. The second-order valence-electron chi connectivity index (χ2n) is 3.62. The number of furan rings is 1. The van der Waals surface area contributed by atoms with Crippen LogP contribution in [0.5, 0.6) is 0 Å². The summed E-state index contributed by atoms with van der Waals surface area (Å²) >= 11 is 0. The smallest absolute Gasteiger partial charge is 0.188 e. The average Bonchev–Trinajstić information content (AvgIpc) is 2.77. The van der Waals surface area contributed by atoms with Gasteiger partial charge in [0, 0.05) is 6.54 Å². The largest absolute Gasteiger partial charge is 0.466 e. The highest BCUT2D eigenvalue weighted by atomic mass is 16.4. The molecule has 0 radical (unpaired) electrons. The minimum Gasteiger partial charge on any atom is -0.466 e. The number of hydrogen-bond acceptors (Lipinski definition) is 3. The summed E-state index contributed by atoms with van der Waals surface area (Å²) in [6.45, 7) is 5.84. The van der Waals surface area contributed by atoms with Crippen molar-refractivity contribution in [1.29, 1.82) is 0 Å². The van der Waals surface area contributed by atoms with Crippen LogP contribution in [0.25, 0.3) is 0 Å². The van der Waals surface area contributed by atoms with Crippen LogP contribution in [0.1, 0.15) is 12.7 Å². The predicted molar refractivity (Wildman–Crippen MR) is 63.0 cm³/mol. The third-order valence-electron chi connectivity index (χ3n) is 2.04. The molecule has 0 aliphatic rings. The number of hydrogen-bond donors (Lipinski definition) is 3. The van der Waals surface area contributed by atoms with E-state index in [1.54, 1.807) is 25.1 Å². The predicted octanol–water partition coefficient (Wildman–Crippen LogP) is 0.577. The van der Waals surface area contributed by atoms with Crippen molar-refractivity contribution >= 4 is 5.96 Å². The van der Waals surface area contributed by atoms with Crippen molar-refractivity contribution in [3.63, 3.8) is 0 Å². The van der Waals surface area contributed by atoms with Gasteiger partial charge in [-0.25, -0.2) is 4.99 Å². The van der Waals surface area contributed by atoms with Gasteiger partial charge in [-0.3, -0.25) is 0 Å². The Bertz CT molecular complexity index is 355. The Kier molecular flexibility index (Phi) is 4.13. The average molecular weight is 223 g/mol. The van der Waals surface area contributed by atoms with Gasteiger partial charge in [-0.15, -0.1) is 6.58 Å². The van der Waals surface area contributed by atoms with E-state index in [9.17, 15) is 5.11 Å². The van der Waals surface area contributed by atoms with E-state index in [4.69, 9.17) is 10.2 Å². The van der Waals surface area contributed by atoms with Crippen LogP contribution >= 0.6 is 0 Å². The zero-order chi connectivity index (χ0) is 12.0. The van der Waals surface area contributed by atoms with Gasteiger partial charge >= 0.3 is 0 Å². The molecule has 1 rings (SSSR count). The lowest BCUT2D eigenvalue weighted by Gasteiger charge is -2.18. The molecule has 0 bridgehead atoms. The van der Waals surface area contributed by atoms with Gasteiger partial charge in [-0.05, 0) is 19.1 Å². The number of guanidine groups is 1. The van der Waals surface area contributed by atoms with E-state index in [-0.39, 0.29) is 12.5 Å². The highest BCUT2D eigenvalue weighted by Crippen LogP contribution is 2.20. The lowest BCUT2D eigenvalue weighted by Crippen LogP contribution is -2.34. The van der Waals surface area contributed by atoms with Crippen molar-refractivity contribution in [2.24, 2.45) is 10.7 Å². The summed E-state index contributed by atoms with van der Waals surface area (Å²) < 4.78 is 5.12. The molecule has 1 aromatic rings. The number of nitrogens with one attached hydrogen (secondary N) is 1. The topological polar surface area (TPSA) is 83.8 Å². The van der Waals surface area contributed by atoms with Gasteiger partial charge < -0.3 is 20.6 Å². The Hall–Kier alpha value is -1.75. The first-order chi connectivity index (χ1) is 7.56. The van der Waals surface area contributed by atoms with Crippen LogP contribution < -0.4 is 11.1 Å². The Labute approximate surface area is 94.7 Å². The monoisotopic (exact) mass is 223 g/mol.